The van der Waals surface area contributed by atoms with Gasteiger partial charge in [0.25, 0.3) is 0 Å². The maximum Gasteiger partial charge on any atom is 0.0979 e. The number of rotatable bonds is 6. The molecule has 0 amide bonds. The van der Waals surface area contributed by atoms with Gasteiger partial charge in [-0.2, -0.15) is 0 Å². The van der Waals surface area contributed by atoms with E-state index in [0.717, 1.165) is 50.6 Å². The molecule has 0 bridgehead atoms. The van der Waals surface area contributed by atoms with Crippen molar-refractivity contribution in [3.8, 4) is 33.6 Å². The van der Waals surface area contributed by atoms with Crippen molar-refractivity contribution >= 4 is 44.6 Å². The molecule has 45 heavy (non-hydrogen) atoms. The summed E-state index contributed by atoms with van der Waals surface area (Å²) in [5, 5.41) is 2.46. The SMILES string of the molecule is CC(C)c1ccc(N(c2ccc(-c3ccc4c5c(cccc35)-c3nc5ccccc5nc3-4)cc2)c2ccc(N(C)C)cc2)cc1. The van der Waals surface area contributed by atoms with E-state index >= 15 is 0 Å². The number of hydrogen-bond donors (Lipinski definition) is 0. The molecule has 1 aliphatic rings. The smallest absolute Gasteiger partial charge is 0.0979 e. The molecule has 8 rings (SSSR count). The van der Waals surface area contributed by atoms with Crippen molar-refractivity contribution in [3.63, 3.8) is 0 Å². The van der Waals surface area contributed by atoms with E-state index in [0.29, 0.717) is 5.92 Å². The number of aromatic nitrogens is 2. The molecule has 0 atom stereocenters. The molecular formula is C41H34N4. The minimum absolute atomic E-state index is 0.488. The summed E-state index contributed by atoms with van der Waals surface area (Å²) in [7, 11) is 4.15. The molecule has 1 heterocycles. The van der Waals surface area contributed by atoms with Crippen molar-refractivity contribution < 1.29 is 0 Å². The number of nitrogens with zero attached hydrogens (tertiary/aromatic N) is 4. The lowest BCUT2D eigenvalue weighted by atomic mass is 9.94. The van der Waals surface area contributed by atoms with Crippen LogP contribution in [0.4, 0.5) is 22.7 Å². The molecule has 0 radical (unpaired) electrons. The molecule has 6 aromatic carbocycles. The Bertz CT molecular complexity index is 2100. The highest BCUT2D eigenvalue weighted by Crippen LogP contribution is 2.48. The zero-order valence-corrected chi connectivity index (χ0v) is 26.0. The minimum Gasteiger partial charge on any atom is -0.378 e. The highest BCUT2D eigenvalue weighted by atomic mass is 15.1. The van der Waals surface area contributed by atoms with Crippen molar-refractivity contribution in [3.05, 3.63) is 133 Å². The minimum atomic E-state index is 0.488. The summed E-state index contributed by atoms with van der Waals surface area (Å²) in [6.07, 6.45) is 0. The second-order valence-electron chi connectivity index (χ2n) is 12.3. The van der Waals surface area contributed by atoms with Gasteiger partial charge in [-0.25, -0.2) is 9.97 Å². The van der Waals surface area contributed by atoms with Crippen LogP contribution in [-0.2, 0) is 0 Å². The molecule has 1 aliphatic carbocycles. The lowest BCUT2D eigenvalue weighted by Crippen LogP contribution is -2.11. The molecule has 1 aromatic heterocycles. The first-order valence-corrected chi connectivity index (χ1v) is 15.6. The van der Waals surface area contributed by atoms with Gasteiger partial charge in [0.05, 0.1) is 22.4 Å². The molecule has 0 N–H and O–H groups in total. The van der Waals surface area contributed by atoms with Gasteiger partial charge in [0.1, 0.15) is 0 Å². The molecule has 0 saturated heterocycles. The lowest BCUT2D eigenvalue weighted by Gasteiger charge is -2.27. The zero-order valence-electron chi connectivity index (χ0n) is 26.0. The molecule has 0 spiro atoms. The number of anilines is 4. The van der Waals surface area contributed by atoms with Crippen LogP contribution >= 0.6 is 0 Å². The van der Waals surface area contributed by atoms with Crippen LogP contribution < -0.4 is 9.80 Å². The Morgan fingerprint density at radius 2 is 1.00 bits per heavy atom. The molecule has 4 nitrogen and oxygen atoms in total. The van der Waals surface area contributed by atoms with Crippen LogP contribution in [0.3, 0.4) is 0 Å². The van der Waals surface area contributed by atoms with E-state index in [1.54, 1.807) is 0 Å². The Morgan fingerprint density at radius 1 is 0.489 bits per heavy atom. The molecular weight excluding hydrogens is 548 g/mol. The lowest BCUT2D eigenvalue weighted by molar-refractivity contribution is 0.866. The van der Waals surface area contributed by atoms with Gasteiger partial charge in [0, 0.05) is 53.4 Å². The highest BCUT2D eigenvalue weighted by Gasteiger charge is 2.26. The molecule has 4 heteroatoms. The quantitative estimate of drug-likeness (QED) is 0.195. The Hall–Kier alpha value is -5.48. The maximum absolute atomic E-state index is 5.05. The summed E-state index contributed by atoms with van der Waals surface area (Å²) in [6, 6.07) is 45.8. The summed E-state index contributed by atoms with van der Waals surface area (Å²) in [6.45, 7) is 4.47. The molecule has 0 saturated carbocycles. The Labute approximate surface area is 264 Å². The Kier molecular flexibility index (Phi) is 6.38. The number of benzene rings is 6. The number of para-hydroxylation sites is 2. The van der Waals surface area contributed by atoms with Crippen molar-refractivity contribution in [1.82, 2.24) is 9.97 Å². The second kappa shape index (κ2) is 10.6. The number of fused-ring (bicyclic) bond motifs is 4. The first-order valence-electron chi connectivity index (χ1n) is 15.6. The van der Waals surface area contributed by atoms with Crippen LogP contribution in [0.1, 0.15) is 25.3 Å². The average Bonchev–Trinajstić information content (AvgIpc) is 3.38. The summed E-state index contributed by atoms with van der Waals surface area (Å²) in [5.74, 6) is 0.488. The molecule has 7 aromatic rings. The maximum atomic E-state index is 5.05. The largest absolute Gasteiger partial charge is 0.378 e. The third-order valence-electron chi connectivity index (χ3n) is 9.00. The predicted octanol–water partition coefficient (Wildman–Crippen LogP) is 10.8. The van der Waals surface area contributed by atoms with Crippen molar-refractivity contribution in [2.75, 3.05) is 23.9 Å². The zero-order chi connectivity index (χ0) is 30.7. The van der Waals surface area contributed by atoms with Gasteiger partial charge in [-0.05, 0) is 88.7 Å². The van der Waals surface area contributed by atoms with E-state index in [4.69, 9.17) is 9.97 Å². The Morgan fingerprint density at radius 3 is 1.58 bits per heavy atom. The van der Waals surface area contributed by atoms with E-state index in [1.165, 1.54) is 33.2 Å². The fourth-order valence-electron chi connectivity index (χ4n) is 6.57. The van der Waals surface area contributed by atoms with Crippen LogP contribution in [0.25, 0.3) is 55.4 Å². The first kappa shape index (κ1) is 27.1. The van der Waals surface area contributed by atoms with Crippen LogP contribution in [0.5, 0.6) is 0 Å². The van der Waals surface area contributed by atoms with Gasteiger partial charge in [0.15, 0.2) is 0 Å². The van der Waals surface area contributed by atoms with Gasteiger partial charge in [-0.15, -0.1) is 0 Å². The summed E-state index contributed by atoms with van der Waals surface area (Å²) in [4.78, 5) is 14.6. The van der Waals surface area contributed by atoms with Crippen LogP contribution in [0.15, 0.2) is 127 Å². The normalized spacial score (nSPS) is 11.8. The van der Waals surface area contributed by atoms with Crippen molar-refractivity contribution in [1.29, 1.82) is 0 Å². The van der Waals surface area contributed by atoms with Gasteiger partial charge in [-0.1, -0.05) is 80.6 Å². The topological polar surface area (TPSA) is 32.3 Å². The van der Waals surface area contributed by atoms with Crippen LogP contribution in [0, 0.1) is 0 Å². The molecule has 0 fully saturated rings. The first-order chi connectivity index (χ1) is 22.0. The predicted molar refractivity (Wildman–Crippen MR) is 190 cm³/mol. The number of hydrogen-bond acceptors (Lipinski definition) is 4. The molecule has 0 unspecified atom stereocenters. The van der Waals surface area contributed by atoms with Gasteiger partial charge in [-0.3, -0.25) is 0 Å². The highest BCUT2D eigenvalue weighted by molar-refractivity contribution is 6.17. The average molecular weight is 583 g/mol. The summed E-state index contributed by atoms with van der Waals surface area (Å²) >= 11 is 0. The summed E-state index contributed by atoms with van der Waals surface area (Å²) < 4.78 is 0. The molecule has 218 valence electrons. The third kappa shape index (κ3) is 4.53. The Balaban J connectivity index is 1.21. The molecule has 0 aliphatic heterocycles. The van der Waals surface area contributed by atoms with Crippen molar-refractivity contribution in [2.45, 2.75) is 19.8 Å². The third-order valence-corrected chi connectivity index (χ3v) is 9.00. The van der Waals surface area contributed by atoms with E-state index in [2.05, 4.69) is 141 Å². The second-order valence-corrected chi connectivity index (χ2v) is 12.3. The van der Waals surface area contributed by atoms with Gasteiger partial charge >= 0.3 is 0 Å². The van der Waals surface area contributed by atoms with E-state index in [9.17, 15) is 0 Å². The van der Waals surface area contributed by atoms with Crippen LogP contribution in [-0.4, -0.2) is 24.1 Å². The van der Waals surface area contributed by atoms with E-state index in [-0.39, 0.29) is 0 Å². The van der Waals surface area contributed by atoms with Crippen LogP contribution in [0.2, 0.25) is 0 Å². The van der Waals surface area contributed by atoms with E-state index < -0.39 is 0 Å². The van der Waals surface area contributed by atoms with Gasteiger partial charge < -0.3 is 9.80 Å². The van der Waals surface area contributed by atoms with Gasteiger partial charge in [0.2, 0.25) is 0 Å². The van der Waals surface area contributed by atoms with Crippen molar-refractivity contribution in [2.24, 2.45) is 0 Å². The monoisotopic (exact) mass is 582 g/mol. The fraction of sp³-hybridized carbons (Fsp3) is 0.122. The standard InChI is InChI=1S/C41H34N4/c1-26(2)27-12-16-30(17-13-27)45(32-22-20-29(21-23-32)44(3)4)31-18-14-28(15-19-31)33-24-25-36-39-34(33)8-7-9-35(39)40-41(36)43-38-11-6-5-10-37(38)42-40/h5-26H,1-4H3. The van der Waals surface area contributed by atoms with E-state index in [1.807, 2.05) is 24.3 Å². The summed E-state index contributed by atoms with van der Waals surface area (Å²) in [5.41, 5.74) is 14.4. The fourth-order valence-corrected chi connectivity index (χ4v) is 6.57.